The fraction of sp³-hybridized carbons (Fsp3) is 0.417. The minimum atomic E-state index is -0.662. The van der Waals surface area contributed by atoms with Crippen LogP contribution >= 0.6 is 0 Å². The van der Waals surface area contributed by atoms with Crippen molar-refractivity contribution in [2.45, 2.75) is 39.7 Å². The first kappa shape index (κ1) is 25.0. The first-order valence-electron chi connectivity index (χ1n) is 10.5. The van der Waals surface area contributed by atoms with Crippen molar-refractivity contribution in [3.8, 4) is 0 Å². The molecule has 1 unspecified atom stereocenters. The molecule has 2 heterocycles. The molecule has 0 bridgehead atoms. The molecule has 1 aromatic heterocycles. The normalized spacial score (nSPS) is 14.9. The number of pyridine rings is 1. The number of rotatable bonds is 7. The van der Waals surface area contributed by atoms with Crippen LogP contribution in [0.2, 0.25) is 0 Å². The van der Waals surface area contributed by atoms with Gasteiger partial charge in [-0.25, -0.2) is 0 Å². The van der Waals surface area contributed by atoms with E-state index in [2.05, 4.69) is 10.3 Å². The van der Waals surface area contributed by atoms with Crippen LogP contribution in [0, 0.1) is 19.3 Å². The van der Waals surface area contributed by atoms with E-state index in [-0.39, 0.29) is 30.9 Å². The Bertz CT molecular complexity index is 906. The van der Waals surface area contributed by atoms with Crippen molar-refractivity contribution in [1.29, 1.82) is 0 Å². The fourth-order valence-electron chi connectivity index (χ4n) is 3.92. The lowest BCUT2D eigenvalue weighted by Crippen LogP contribution is -2.66. The number of likely N-dealkylation sites (tertiary alicyclic amines) is 1. The summed E-state index contributed by atoms with van der Waals surface area (Å²) in [6, 6.07) is 13.4. The lowest BCUT2D eigenvalue weighted by atomic mass is 9.73. The number of carbonyl (C=O) groups is 3. The van der Waals surface area contributed by atoms with E-state index in [1.54, 1.807) is 11.8 Å². The van der Waals surface area contributed by atoms with E-state index in [1.165, 1.54) is 0 Å². The predicted octanol–water partition coefficient (Wildman–Crippen LogP) is 1.51. The summed E-state index contributed by atoms with van der Waals surface area (Å²) in [6.07, 6.45) is 0.870. The predicted molar refractivity (Wildman–Crippen MR) is 120 cm³/mol. The molecule has 1 aliphatic heterocycles. The SMILES string of the molecule is Cc1cc(CC(=O)N2CC(Cc3ccccc3)(C(=O)NC(C)CO)C2)cc(C)n1.O=CO. The zero-order chi connectivity index (χ0) is 23.7. The van der Waals surface area contributed by atoms with Crippen molar-refractivity contribution in [1.82, 2.24) is 15.2 Å². The molecule has 1 atom stereocenters. The lowest BCUT2D eigenvalue weighted by molar-refractivity contribution is -0.153. The van der Waals surface area contributed by atoms with E-state index in [1.807, 2.05) is 56.3 Å². The van der Waals surface area contributed by atoms with Crippen molar-refractivity contribution < 1.29 is 24.6 Å². The van der Waals surface area contributed by atoms with Crippen LogP contribution < -0.4 is 5.32 Å². The van der Waals surface area contributed by atoms with Crippen LogP contribution in [-0.4, -0.2) is 64.1 Å². The van der Waals surface area contributed by atoms with E-state index in [0.717, 1.165) is 22.5 Å². The minimum absolute atomic E-state index is 0.0155. The van der Waals surface area contributed by atoms with Gasteiger partial charge in [0.15, 0.2) is 0 Å². The topological polar surface area (TPSA) is 120 Å². The summed E-state index contributed by atoms with van der Waals surface area (Å²) in [4.78, 5) is 40.2. The van der Waals surface area contributed by atoms with Gasteiger partial charge in [-0.15, -0.1) is 0 Å². The zero-order valence-electron chi connectivity index (χ0n) is 18.7. The van der Waals surface area contributed by atoms with Gasteiger partial charge < -0.3 is 20.4 Å². The number of hydrogen-bond acceptors (Lipinski definition) is 5. The van der Waals surface area contributed by atoms with Crippen LogP contribution in [0.1, 0.15) is 29.4 Å². The average Bonchev–Trinajstić information content (AvgIpc) is 2.70. The van der Waals surface area contributed by atoms with Crippen molar-refractivity contribution in [2.24, 2.45) is 5.41 Å². The molecule has 32 heavy (non-hydrogen) atoms. The maximum absolute atomic E-state index is 13.0. The van der Waals surface area contributed by atoms with Crippen LogP contribution in [0.4, 0.5) is 0 Å². The molecule has 8 nitrogen and oxygen atoms in total. The first-order valence-corrected chi connectivity index (χ1v) is 10.5. The van der Waals surface area contributed by atoms with Gasteiger partial charge in [-0.3, -0.25) is 19.4 Å². The van der Waals surface area contributed by atoms with Crippen molar-refractivity contribution in [3.05, 3.63) is 65.0 Å². The van der Waals surface area contributed by atoms with Gasteiger partial charge in [-0.1, -0.05) is 30.3 Å². The number of aryl methyl sites for hydroxylation is 2. The summed E-state index contributed by atoms with van der Waals surface area (Å²) in [5, 5.41) is 19.1. The highest BCUT2D eigenvalue weighted by atomic mass is 16.3. The zero-order valence-corrected chi connectivity index (χ0v) is 18.7. The molecule has 0 aliphatic carbocycles. The Balaban J connectivity index is 0.00000114. The van der Waals surface area contributed by atoms with Gasteiger partial charge >= 0.3 is 0 Å². The second-order valence-corrected chi connectivity index (χ2v) is 8.29. The molecule has 0 radical (unpaired) electrons. The summed E-state index contributed by atoms with van der Waals surface area (Å²) in [5.41, 5.74) is 3.13. The number of nitrogens with zero attached hydrogens (tertiary/aromatic N) is 2. The van der Waals surface area contributed by atoms with E-state index < -0.39 is 5.41 Å². The second-order valence-electron chi connectivity index (χ2n) is 8.29. The Morgan fingerprint density at radius 3 is 2.25 bits per heavy atom. The summed E-state index contributed by atoms with van der Waals surface area (Å²) in [7, 11) is 0. The lowest BCUT2D eigenvalue weighted by Gasteiger charge is -2.49. The van der Waals surface area contributed by atoms with Crippen LogP contribution in [0.3, 0.4) is 0 Å². The third kappa shape index (κ3) is 6.62. The molecule has 0 saturated carbocycles. The van der Waals surface area contributed by atoms with Gasteiger partial charge in [-0.05, 0) is 50.5 Å². The highest BCUT2D eigenvalue weighted by Crippen LogP contribution is 2.35. The quantitative estimate of drug-likeness (QED) is 0.561. The van der Waals surface area contributed by atoms with Gasteiger partial charge in [0.1, 0.15) is 0 Å². The minimum Gasteiger partial charge on any atom is -0.483 e. The van der Waals surface area contributed by atoms with Gasteiger partial charge in [0, 0.05) is 30.5 Å². The van der Waals surface area contributed by atoms with E-state index in [4.69, 9.17) is 9.90 Å². The van der Waals surface area contributed by atoms with Crippen LogP contribution in [0.15, 0.2) is 42.5 Å². The van der Waals surface area contributed by atoms with Crippen molar-refractivity contribution in [2.75, 3.05) is 19.7 Å². The molecular weight excluding hydrogens is 410 g/mol. The molecule has 3 N–H and O–H groups in total. The molecular formula is C24H31N3O5. The summed E-state index contributed by atoms with van der Waals surface area (Å²) in [6.45, 7) is 6.01. The maximum Gasteiger partial charge on any atom is 0.290 e. The molecule has 2 aromatic rings. The van der Waals surface area contributed by atoms with E-state index in [9.17, 15) is 14.7 Å². The van der Waals surface area contributed by atoms with Gasteiger partial charge in [0.05, 0.1) is 18.4 Å². The number of aliphatic hydroxyl groups excluding tert-OH is 1. The Morgan fingerprint density at radius 2 is 1.72 bits per heavy atom. The van der Waals surface area contributed by atoms with Crippen molar-refractivity contribution >= 4 is 18.3 Å². The summed E-state index contributed by atoms with van der Waals surface area (Å²) < 4.78 is 0. The monoisotopic (exact) mass is 441 g/mol. The van der Waals surface area contributed by atoms with E-state index >= 15 is 0 Å². The highest BCUT2D eigenvalue weighted by Gasteiger charge is 2.50. The molecule has 1 aliphatic rings. The van der Waals surface area contributed by atoms with Crippen molar-refractivity contribution in [3.63, 3.8) is 0 Å². The Kier molecular flexibility index (Phi) is 8.90. The van der Waals surface area contributed by atoms with Gasteiger partial charge in [-0.2, -0.15) is 0 Å². The molecule has 2 amide bonds. The number of carboxylic acid groups (broad SMARTS) is 1. The molecule has 3 rings (SSSR count). The number of aliphatic hydroxyl groups is 1. The van der Waals surface area contributed by atoms with E-state index in [0.29, 0.717) is 25.9 Å². The average molecular weight is 442 g/mol. The van der Waals surface area contributed by atoms with Crippen LogP contribution in [0.5, 0.6) is 0 Å². The standard InChI is InChI=1S/C23H29N3O3.CH2O2/c1-16-9-20(10-17(2)24-16)11-21(28)26-14-23(15-26,22(29)25-18(3)13-27)12-19-7-5-4-6-8-19;2-1-3/h4-10,18,27H,11-15H2,1-3H3,(H,25,29);1H,(H,2,3). The molecule has 1 fully saturated rings. The first-order chi connectivity index (χ1) is 15.2. The molecule has 8 heteroatoms. The third-order valence-electron chi connectivity index (χ3n) is 5.35. The maximum atomic E-state index is 13.0. The molecule has 0 spiro atoms. The van der Waals surface area contributed by atoms with Gasteiger partial charge in [0.2, 0.25) is 11.8 Å². The largest absolute Gasteiger partial charge is 0.483 e. The van der Waals surface area contributed by atoms with Crippen LogP contribution in [-0.2, 0) is 27.2 Å². The van der Waals surface area contributed by atoms with Crippen LogP contribution in [0.25, 0.3) is 0 Å². The number of aromatic nitrogens is 1. The second kappa shape index (κ2) is 11.4. The number of amides is 2. The Labute approximate surface area is 188 Å². The number of nitrogens with one attached hydrogen (secondary N) is 1. The van der Waals surface area contributed by atoms with Gasteiger partial charge in [0.25, 0.3) is 6.47 Å². The fourth-order valence-corrected chi connectivity index (χ4v) is 3.92. The smallest absolute Gasteiger partial charge is 0.290 e. The number of benzene rings is 1. The molecule has 1 saturated heterocycles. The third-order valence-corrected chi connectivity index (χ3v) is 5.35. The number of hydrogen-bond donors (Lipinski definition) is 3. The summed E-state index contributed by atoms with van der Waals surface area (Å²) in [5.74, 6) is -0.0933. The summed E-state index contributed by atoms with van der Waals surface area (Å²) >= 11 is 0. The Morgan fingerprint density at radius 1 is 1.16 bits per heavy atom. The Hall–Kier alpha value is -3.26. The molecule has 172 valence electrons. The number of carbonyl (C=O) groups excluding carboxylic acids is 2. The highest BCUT2D eigenvalue weighted by molar-refractivity contribution is 5.88. The molecule has 1 aromatic carbocycles.